The molecule has 0 saturated heterocycles. The molecule has 0 fully saturated rings. The average Bonchev–Trinajstić information content (AvgIpc) is 3.17. The summed E-state index contributed by atoms with van der Waals surface area (Å²) in [6.45, 7) is 3.64. The Bertz CT molecular complexity index is 792. The Balaban J connectivity index is 1.77. The number of benzene rings is 1. The summed E-state index contributed by atoms with van der Waals surface area (Å²) >= 11 is 1.53. The fourth-order valence-electron chi connectivity index (χ4n) is 2.25. The van der Waals surface area contributed by atoms with Crippen molar-refractivity contribution in [3.8, 4) is 11.5 Å². The van der Waals surface area contributed by atoms with Crippen LogP contribution < -0.4 is 9.47 Å². The van der Waals surface area contributed by atoms with Crippen LogP contribution >= 0.6 is 11.3 Å². The molecule has 0 spiro atoms. The van der Waals surface area contributed by atoms with Crippen LogP contribution in [0, 0.1) is 0 Å². The molecule has 1 aromatic heterocycles. The van der Waals surface area contributed by atoms with Crippen LogP contribution in [0.5, 0.6) is 11.5 Å². The summed E-state index contributed by atoms with van der Waals surface area (Å²) in [6, 6.07) is 8.71. The van der Waals surface area contributed by atoms with Gasteiger partial charge in [-0.2, -0.15) is 0 Å². The first-order chi connectivity index (χ1) is 11.6. The number of carbonyl (C=O) groups excluding carboxylic acids is 2. The van der Waals surface area contributed by atoms with Gasteiger partial charge in [0.1, 0.15) is 11.5 Å². The van der Waals surface area contributed by atoms with Gasteiger partial charge in [0.25, 0.3) is 0 Å². The van der Waals surface area contributed by atoms with Crippen molar-refractivity contribution in [2.24, 2.45) is 0 Å². The summed E-state index contributed by atoms with van der Waals surface area (Å²) in [6.07, 6.45) is 0.982. The third-order valence-corrected chi connectivity index (χ3v) is 4.21. The minimum Gasteiger partial charge on any atom is -0.479 e. The van der Waals surface area contributed by atoms with Gasteiger partial charge in [0.2, 0.25) is 5.78 Å². The van der Waals surface area contributed by atoms with Crippen LogP contribution in [0.1, 0.15) is 29.1 Å². The van der Waals surface area contributed by atoms with Gasteiger partial charge in [-0.05, 0) is 37.4 Å². The van der Waals surface area contributed by atoms with Gasteiger partial charge in [0, 0.05) is 17.0 Å². The van der Waals surface area contributed by atoms with Crippen LogP contribution in [0.4, 0.5) is 0 Å². The molecule has 1 aliphatic rings. The molecule has 2 aromatic rings. The Morgan fingerprint density at radius 3 is 2.92 bits per heavy atom. The molecule has 0 saturated carbocycles. The number of hydrogen-bond acceptors (Lipinski definition) is 6. The standard InChI is InChI=1S/C18H16O5S/c1-3-21-18(20)11(2)22-12-6-7-14-15(9-12)23-16(17(14)19)10-13-5-4-8-24-13/h4-11H,3H2,1-2H3/b16-10-. The fourth-order valence-corrected chi connectivity index (χ4v) is 2.90. The largest absolute Gasteiger partial charge is 0.479 e. The molecular formula is C18H16O5S. The Hall–Kier alpha value is -2.60. The van der Waals surface area contributed by atoms with Gasteiger partial charge >= 0.3 is 5.97 Å². The van der Waals surface area contributed by atoms with Gasteiger partial charge in [0.05, 0.1) is 12.2 Å². The second-order valence-electron chi connectivity index (χ2n) is 5.13. The van der Waals surface area contributed by atoms with E-state index in [1.807, 2.05) is 17.5 Å². The number of ketones is 1. The lowest BCUT2D eigenvalue weighted by molar-refractivity contribution is -0.150. The van der Waals surface area contributed by atoms with Crippen LogP contribution in [0.25, 0.3) is 6.08 Å². The van der Waals surface area contributed by atoms with E-state index in [1.54, 1.807) is 38.1 Å². The third kappa shape index (κ3) is 3.33. The van der Waals surface area contributed by atoms with Crippen LogP contribution in [0.3, 0.4) is 0 Å². The Morgan fingerprint density at radius 1 is 1.38 bits per heavy atom. The summed E-state index contributed by atoms with van der Waals surface area (Å²) in [7, 11) is 0. The maximum absolute atomic E-state index is 12.3. The molecule has 3 rings (SSSR count). The summed E-state index contributed by atoms with van der Waals surface area (Å²) in [4.78, 5) is 24.9. The number of thiophene rings is 1. The number of hydrogen-bond donors (Lipinski definition) is 0. The predicted octanol–water partition coefficient (Wildman–Crippen LogP) is 3.69. The zero-order chi connectivity index (χ0) is 17.1. The van der Waals surface area contributed by atoms with Gasteiger partial charge in [0.15, 0.2) is 11.9 Å². The van der Waals surface area contributed by atoms with Gasteiger partial charge < -0.3 is 14.2 Å². The SMILES string of the molecule is CCOC(=O)C(C)Oc1ccc2c(c1)O/C(=C\c1cccs1)C2=O. The minimum atomic E-state index is -0.735. The maximum Gasteiger partial charge on any atom is 0.347 e. The highest BCUT2D eigenvalue weighted by Crippen LogP contribution is 2.35. The van der Waals surface area contributed by atoms with E-state index in [9.17, 15) is 9.59 Å². The molecule has 5 nitrogen and oxygen atoms in total. The summed E-state index contributed by atoms with van der Waals surface area (Å²) in [5.74, 6) is 0.551. The molecule has 6 heteroatoms. The Kier molecular flexibility index (Phi) is 4.66. The molecule has 24 heavy (non-hydrogen) atoms. The number of rotatable bonds is 5. The summed E-state index contributed by atoms with van der Waals surface area (Å²) < 4.78 is 16.1. The van der Waals surface area contributed by atoms with Gasteiger partial charge in [-0.1, -0.05) is 6.07 Å². The molecule has 0 aliphatic carbocycles. The number of allylic oxidation sites excluding steroid dienone is 1. The summed E-state index contributed by atoms with van der Waals surface area (Å²) in [5.41, 5.74) is 0.481. The second kappa shape index (κ2) is 6.88. The molecule has 1 aromatic carbocycles. The molecular weight excluding hydrogens is 328 g/mol. The van der Waals surface area contributed by atoms with Crippen LogP contribution in [0.15, 0.2) is 41.5 Å². The predicted molar refractivity (Wildman–Crippen MR) is 90.4 cm³/mol. The topological polar surface area (TPSA) is 61.8 Å². The fraction of sp³-hybridized carbons (Fsp3) is 0.222. The molecule has 1 unspecified atom stereocenters. The first-order valence-corrected chi connectivity index (χ1v) is 8.41. The Morgan fingerprint density at radius 2 is 2.21 bits per heavy atom. The minimum absolute atomic E-state index is 0.164. The summed E-state index contributed by atoms with van der Waals surface area (Å²) in [5, 5.41) is 1.93. The number of ether oxygens (including phenoxy) is 3. The maximum atomic E-state index is 12.3. The van der Waals surface area contributed by atoms with Crippen molar-refractivity contribution in [2.75, 3.05) is 6.61 Å². The number of fused-ring (bicyclic) bond motifs is 1. The van der Waals surface area contributed by atoms with Gasteiger partial charge in [-0.3, -0.25) is 4.79 Å². The van der Waals surface area contributed by atoms with E-state index in [4.69, 9.17) is 14.2 Å². The highest BCUT2D eigenvalue weighted by Gasteiger charge is 2.28. The van der Waals surface area contributed by atoms with Gasteiger partial charge in [-0.15, -0.1) is 11.3 Å². The van der Waals surface area contributed by atoms with Crippen LogP contribution in [0.2, 0.25) is 0 Å². The number of carbonyl (C=O) groups is 2. The quantitative estimate of drug-likeness (QED) is 0.611. The van der Waals surface area contributed by atoms with E-state index in [1.165, 1.54) is 11.3 Å². The van der Waals surface area contributed by atoms with Crippen molar-refractivity contribution in [1.82, 2.24) is 0 Å². The molecule has 1 atom stereocenters. The lowest BCUT2D eigenvalue weighted by atomic mass is 10.1. The molecule has 0 N–H and O–H groups in total. The first-order valence-electron chi connectivity index (χ1n) is 7.53. The number of esters is 1. The van der Waals surface area contributed by atoms with E-state index in [2.05, 4.69) is 0 Å². The average molecular weight is 344 g/mol. The lowest BCUT2D eigenvalue weighted by Gasteiger charge is -2.13. The van der Waals surface area contributed by atoms with Crippen molar-refractivity contribution in [1.29, 1.82) is 0 Å². The Labute approximate surface area is 143 Å². The molecule has 1 aliphatic heterocycles. The molecule has 2 heterocycles. The first kappa shape index (κ1) is 16.3. The van der Waals surface area contributed by atoms with E-state index in [0.717, 1.165) is 4.88 Å². The van der Waals surface area contributed by atoms with Crippen molar-refractivity contribution in [2.45, 2.75) is 20.0 Å². The van der Waals surface area contributed by atoms with Crippen molar-refractivity contribution in [3.63, 3.8) is 0 Å². The van der Waals surface area contributed by atoms with Gasteiger partial charge in [-0.25, -0.2) is 4.79 Å². The highest BCUT2D eigenvalue weighted by molar-refractivity contribution is 7.10. The molecule has 0 bridgehead atoms. The van der Waals surface area contributed by atoms with E-state index >= 15 is 0 Å². The number of Topliss-reactive ketones (excluding diaryl/α,β-unsaturated/α-hetero) is 1. The molecule has 0 amide bonds. The van der Waals surface area contributed by atoms with Crippen molar-refractivity contribution < 1.29 is 23.8 Å². The zero-order valence-electron chi connectivity index (χ0n) is 13.3. The van der Waals surface area contributed by atoms with Crippen LogP contribution in [-0.2, 0) is 9.53 Å². The van der Waals surface area contributed by atoms with Crippen molar-refractivity contribution in [3.05, 3.63) is 51.9 Å². The third-order valence-electron chi connectivity index (χ3n) is 3.39. The molecule has 0 radical (unpaired) electrons. The molecule has 124 valence electrons. The van der Waals surface area contributed by atoms with Crippen molar-refractivity contribution >= 4 is 29.2 Å². The second-order valence-corrected chi connectivity index (χ2v) is 6.10. The van der Waals surface area contributed by atoms with Crippen LogP contribution in [-0.4, -0.2) is 24.5 Å². The highest BCUT2D eigenvalue weighted by atomic mass is 32.1. The smallest absolute Gasteiger partial charge is 0.347 e. The monoisotopic (exact) mass is 344 g/mol. The van der Waals surface area contributed by atoms with E-state index in [0.29, 0.717) is 23.7 Å². The van der Waals surface area contributed by atoms with E-state index in [-0.39, 0.29) is 11.5 Å². The normalized spacial score (nSPS) is 15.8. The zero-order valence-corrected chi connectivity index (χ0v) is 14.1. The lowest BCUT2D eigenvalue weighted by Crippen LogP contribution is -2.26. The van der Waals surface area contributed by atoms with E-state index < -0.39 is 12.1 Å².